The van der Waals surface area contributed by atoms with Crippen LogP contribution in [0.1, 0.15) is 39.5 Å². The van der Waals surface area contributed by atoms with E-state index in [4.69, 9.17) is 14.0 Å². The molecule has 1 N–H and O–H groups in total. The number of ether oxygens (including phenoxy) is 2. The van der Waals surface area contributed by atoms with Crippen molar-refractivity contribution in [3.05, 3.63) is 22.7 Å². The molecular formula is C16H21N3O5S. The standard InChI is InChI=1S/C16H21N3O5S/c1-16(2,3)23-15(21)17-7-4-5-13(20)22-9-12-18-14(19-24-12)11-6-8-25-10-11/h6,8,10H,4-5,7,9H2,1-3H3,(H,17,21). The van der Waals surface area contributed by atoms with Crippen LogP contribution in [0.3, 0.4) is 0 Å². The predicted octanol–water partition coefficient (Wildman–Crippen LogP) is 3.15. The van der Waals surface area contributed by atoms with Crippen LogP contribution in [0.2, 0.25) is 0 Å². The SMILES string of the molecule is CC(C)(C)OC(=O)NCCCC(=O)OCc1nc(-c2ccsc2)no1. The Balaban J connectivity index is 1.62. The third kappa shape index (κ3) is 6.92. The Morgan fingerprint density at radius 2 is 2.16 bits per heavy atom. The molecule has 0 fully saturated rings. The van der Waals surface area contributed by atoms with Crippen molar-refractivity contribution in [2.75, 3.05) is 6.54 Å². The second kappa shape index (κ2) is 8.61. The number of nitrogens with zero attached hydrogens (tertiary/aromatic N) is 2. The molecule has 0 unspecified atom stereocenters. The molecule has 0 saturated carbocycles. The first kappa shape index (κ1) is 18.9. The molecule has 0 radical (unpaired) electrons. The number of alkyl carbamates (subject to hydrolysis) is 1. The van der Waals surface area contributed by atoms with Crippen molar-refractivity contribution in [1.29, 1.82) is 0 Å². The summed E-state index contributed by atoms with van der Waals surface area (Å²) < 4.78 is 15.2. The fraction of sp³-hybridized carbons (Fsp3) is 0.500. The van der Waals surface area contributed by atoms with Crippen molar-refractivity contribution in [1.82, 2.24) is 15.5 Å². The molecule has 2 aromatic rings. The van der Waals surface area contributed by atoms with Gasteiger partial charge in [-0.2, -0.15) is 16.3 Å². The number of aromatic nitrogens is 2. The first-order chi connectivity index (χ1) is 11.8. The van der Waals surface area contributed by atoms with Crippen LogP contribution >= 0.6 is 11.3 Å². The summed E-state index contributed by atoms with van der Waals surface area (Å²) in [6.07, 6.45) is 0.108. The Labute approximate surface area is 149 Å². The molecule has 0 bridgehead atoms. The van der Waals surface area contributed by atoms with Gasteiger partial charge in [0, 0.05) is 23.9 Å². The Kier molecular flexibility index (Phi) is 6.51. The molecule has 0 aliphatic heterocycles. The maximum atomic E-state index is 11.7. The molecule has 0 aromatic carbocycles. The van der Waals surface area contributed by atoms with E-state index in [-0.39, 0.29) is 18.9 Å². The lowest BCUT2D eigenvalue weighted by Gasteiger charge is -2.19. The third-order valence-corrected chi connectivity index (χ3v) is 3.51. The highest BCUT2D eigenvalue weighted by Crippen LogP contribution is 2.18. The van der Waals surface area contributed by atoms with Crippen molar-refractivity contribution < 1.29 is 23.6 Å². The minimum atomic E-state index is -0.547. The van der Waals surface area contributed by atoms with Crippen molar-refractivity contribution >= 4 is 23.4 Å². The molecule has 0 atom stereocenters. The number of thiophene rings is 1. The zero-order chi connectivity index (χ0) is 18.3. The summed E-state index contributed by atoms with van der Waals surface area (Å²) >= 11 is 1.53. The first-order valence-corrected chi connectivity index (χ1v) is 8.75. The fourth-order valence-electron chi connectivity index (χ4n) is 1.77. The Bertz CT molecular complexity index is 691. The van der Waals surface area contributed by atoms with Crippen molar-refractivity contribution in [2.24, 2.45) is 0 Å². The molecule has 9 heteroatoms. The number of hydrogen-bond acceptors (Lipinski definition) is 8. The van der Waals surface area contributed by atoms with Gasteiger partial charge in [0.25, 0.3) is 5.89 Å². The molecule has 8 nitrogen and oxygen atoms in total. The van der Waals surface area contributed by atoms with E-state index >= 15 is 0 Å². The Hall–Kier alpha value is -2.42. The maximum absolute atomic E-state index is 11.7. The van der Waals surface area contributed by atoms with Crippen molar-refractivity contribution in [3.8, 4) is 11.4 Å². The zero-order valence-electron chi connectivity index (χ0n) is 14.4. The van der Waals surface area contributed by atoms with E-state index in [0.717, 1.165) is 5.56 Å². The van der Waals surface area contributed by atoms with Gasteiger partial charge in [0.05, 0.1) is 0 Å². The summed E-state index contributed by atoms with van der Waals surface area (Å²) in [5.41, 5.74) is 0.314. The summed E-state index contributed by atoms with van der Waals surface area (Å²) in [4.78, 5) is 27.3. The molecule has 0 aliphatic carbocycles. The van der Waals surface area contributed by atoms with Crippen LogP contribution in [0.4, 0.5) is 4.79 Å². The topological polar surface area (TPSA) is 104 Å². The Morgan fingerprint density at radius 3 is 2.84 bits per heavy atom. The number of hydrogen-bond donors (Lipinski definition) is 1. The minimum absolute atomic E-state index is 0.0739. The fourth-order valence-corrected chi connectivity index (χ4v) is 2.41. The van der Waals surface area contributed by atoms with E-state index < -0.39 is 17.7 Å². The number of carbonyl (C=O) groups is 2. The quantitative estimate of drug-likeness (QED) is 0.592. The second-order valence-corrected chi connectivity index (χ2v) is 7.00. The predicted molar refractivity (Wildman–Crippen MR) is 90.9 cm³/mol. The highest BCUT2D eigenvalue weighted by molar-refractivity contribution is 7.08. The summed E-state index contributed by atoms with van der Waals surface area (Å²) in [6, 6.07) is 1.88. The molecule has 2 rings (SSSR count). The Morgan fingerprint density at radius 1 is 1.36 bits per heavy atom. The lowest BCUT2D eigenvalue weighted by atomic mass is 10.2. The van der Waals surface area contributed by atoms with Crippen molar-refractivity contribution in [2.45, 2.75) is 45.8 Å². The van der Waals surface area contributed by atoms with E-state index in [2.05, 4.69) is 15.5 Å². The van der Waals surface area contributed by atoms with Gasteiger partial charge in [-0.1, -0.05) is 5.16 Å². The molecule has 136 valence electrons. The number of carbonyl (C=O) groups excluding carboxylic acids is 2. The average molecular weight is 367 g/mol. The van der Waals surface area contributed by atoms with Crippen LogP contribution in [0.5, 0.6) is 0 Å². The van der Waals surface area contributed by atoms with Gasteiger partial charge in [0.15, 0.2) is 6.61 Å². The highest BCUT2D eigenvalue weighted by Gasteiger charge is 2.16. The van der Waals surface area contributed by atoms with Crippen LogP contribution in [0, 0.1) is 0 Å². The van der Waals surface area contributed by atoms with Gasteiger partial charge in [-0.3, -0.25) is 4.79 Å². The molecule has 2 heterocycles. The largest absolute Gasteiger partial charge is 0.456 e. The number of rotatable bonds is 7. The monoisotopic (exact) mass is 367 g/mol. The van der Waals surface area contributed by atoms with E-state index in [1.807, 2.05) is 16.8 Å². The molecule has 0 aliphatic rings. The van der Waals surface area contributed by atoms with Crippen LogP contribution < -0.4 is 5.32 Å². The lowest BCUT2D eigenvalue weighted by molar-refractivity contribution is -0.145. The van der Waals surface area contributed by atoms with Gasteiger partial charge in [0.1, 0.15) is 5.60 Å². The maximum Gasteiger partial charge on any atom is 0.407 e. The van der Waals surface area contributed by atoms with Gasteiger partial charge < -0.3 is 19.3 Å². The highest BCUT2D eigenvalue weighted by atomic mass is 32.1. The van der Waals surface area contributed by atoms with Crippen LogP contribution in [0.25, 0.3) is 11.4 Å². The van der Waals surface area contributed by atoms with Gasteiger partial charge in [0.2, 0.25) is 5.82 Å². The zero-order valence-corrected chi connectivity index (χ0v) is 15.2. The smallest absolute Gasteiger partial charge is 0.407 e. The van der Waals surface area contributed by atoms with E-state index in [1.54, 1.807) is 20.8 Å². The summed E-state index contributed by atoms with van der Waals surface area (Å²) in [5, 5.41) is 10.2. The molecule has 1 amide bonds. The molecular weight excluding hydrogens is 346 g/mol. The molecule has 0 spiro atoms. The summed E-state index contributed by atoms with van der Waals surface area (Å²) in [6.45, 7) is 5.60. The van der Waals surface area contributed by atoms with E-state index in [1.165, 1.54) is 11.3 Å². The average Bonchev–Trinajstić information content (AvgIpc) is 3.18. The van der Waals surface area contributed by atoms with Gasteiger partial charge >= 0.3 is 12.1 Å². The van der Waals surface area contributed by atoms with Gasteiger partial charge in [-0.05, 0) is 38.6 Å². The van der Waals surface area contributed by atoms with E-state index in [9.17, 15) is 9.59 Å². The number of amides is 1. The number of esters is 1. The lowest BCUT2D eigenvalue weighted by Crippen LogP contribution is -2.33. The molecule has 25 heavy (non-hydrogen) atoms. The second-order valence-electron chi connectivity index (χ2n) is 6.22. The normalized spacial score (nSPS) is 11.2. The van der Waals surface area contributed by atoms with Gasteiger partial charge in [-0.25, -0.2) is 4.79 Å². The van der Waals surface area contributed by atoms with Crippen molar-refractivity contribution in [3.63, 3.8) is 0 Å². The summed E-state index contributed by atoms with van der Waals surface area (Å²) in [5.74, 6) is 0.302. The third-order valence-electron chi connectivity index (χ3n) is 2.83. The minimum Gasteiger partial charge on any atom is -0.456 e. The van der Waals surface area contributed by atoms with Crippen LogP contribution in [0.15, 0.2) is 21.3 Å². The molecule has 2 aromatic heterocycles. The first-order valence-electron chi connectivity index (χ1n) is 7.81. The van der Waals surface area contributed by atoms with E-state index in [0.29, 0.717) is 18.8 Å². The van der Waals surface area contributed by atoms with Crippen LogP contribution in [-0.4, -0.2) is 34.3 Å². The summed E-state index contributed by atoms with van der Waals surface area (Å²) in [7, 11) is 0. The van der Waals surface area contributed by atoms with Gasteiger partial charge in [-0.15, -0.1) is 0 Å². The number of nitrogens with one attached hydrogen (secondary N) is 1. The van der Waals surface area contributed by atoms with Crippen LogP contribution in [-0.2, 0) is 20.9 Å². The molecule has 0 saturated heterocycles.